The zero-order valence-corrected chi connectivity index (χ0v) is 64.8. The summed E-state index contributed by atoms with van der Waals surface area (Å²) in [5, 5.41) is 78.8. The second kappa shape index (κ2) is 55.2. The minimum Gasteiger partial charge on any atom is -0.508 e. The summed E-state index contributed by atoms with van der Waals surface area (Å²) >= 11 is 0. The van der Waals surface area contributed by atoms with Crippen LogP contribution in [0.1, 0.15) is 198 Å². The van der Waals surface area contributed by atoms with Gasteiger partial charge >= 0.3 is 18.1 Å². The zero-order valence-electron chi connectivity index (χ0n) is 64.8. The Hall–Kier alpha value is -11.3. The van der Waals surface area contributed by atoms with Gasteiger partial charge in [-0.3, -0.25) is 43.1 Å². The molecule has 112 heavy (non-hydrogen) atoms. The first-order valence-corrected chi connectivity index (χ1v) is 39.5. The molecular formula is C79H120N20O13. The number of anilines is 3. The van der Waals surface area contributed by atoms with E-state index in [0.717, 1.165) is 74.8 Å². The Balaban J connectivity index is 1.10. The molecule has 0 spiro atoms. The molecule has 33 nitrogen and oxygen atoms in total. The molecule has 0 radical (unpaired) electrons. The van der Waals surface area contributed by atoms with Gasteiger partial charge in [-0.2, -0.15) is 5.11 Å². The number of hydrogen-bond donors (Lipinski definition) is 18. The van der Waals surface area contributed by atoms with E-state index >= 15 is 0 Å². The Morgan fingerprint density at radius 2 is 0.795 bits per heavy atom. The van der Waals surface area contributed by atoms with Crippen molar-refractivity contribution >= 4 is 76.5 Å². The van der Waals surface area contributed by atoms with Crippen molar-refractivity contribution in [2.45, 2.75) is 211 Å². The van der Waals surface area contributed by atoms with Crippen LogP contribution in [0.4, 0.5) is 31.4 Å². The monoisotopic (exact) mass is 1560 g/mol. The minimum atomic E-state index is -1.11. The molecular weight excluding hydrogens is 1440 g/mol. The van der Waals surface area contributed by atoms with E-state index in [-0.39, 0.29) is 135 Å². The molecule has 614 valence electrons. The van der Waals surface area contributed by atoms with Gasteiger partial charge in [-0.15, -0.1) is 5.10 Å². The number of hydrogen-bond acceptors (Lipinski definition) is 20. The number of nitrogens with two attached hydrogens (primary N) is 1. The molecule has 0 saturated carbocycles. The Morgan fingerprint density at radius 3 is 1.27 bits per heavy atom. The van der Waals surface area contributed by atoms with Crippen molar-refractivity contribution in [2.24, 2.45) is 10.8 Å². The van der Waals surface area contributed by atoms with E-state index < -0.39 is 5.54 Å². The maximum Gasteiger partial charge on any atom is 0.319 e. The number of urea groups is 3. The van der Waals surface area contributed by atoms with Crippen molar-refractivity contribution in [3.8, 4) is 17.2 Å². The average molecular weight is 1560 g/mol. The normalized spacial score (nSPS) is 12.4. The number of phenols is 3. The predicted octanol–water partition coefficient (Wildman–Crippen LogP) is 9.20. The lowest BCUT2D eigenvalue weighted by atomic mass is 9.82. The molecule has 2 heterocycles. The predicted molar refractivity (Wildman–Crippen MR) is 428 cm³/mol. The van der Waals surface area contributed by atoms with Gasteiger partial charge in [0.1, 0.15) is 17.2 Å². The fourth-order valence-electron chi connectivity index (χ4n) is 12.0. The van der Waals surface area contributed by atoms with Gasteiger partial charge in [-0.25, -0.2) is 19.9 Å². The standard InChI is InChI=1S/C79H120N20O13/c80-60(21-9-12-51-88-76(110)91-61-26-32-66(100)33-27-61)57-82-46-15-17-48-84-70(104)40-43-79(94-73(107)25-8-6-4-2-1-3-5-7-24-69(103)87-54-56-99-74(108)38-39-75(99)109,44-41-71(105)85-49-18-16-47-83-58-64(95-81)22-10-13-52-89-77(111)92-62-28-34-67(101)35-29-62)45-42-72(106)86-50-19-20-55-98-59-65(96-97-98)23-11-14-53-90-78(112)93-63-30-36-68(102)37-31-63/h26-39,57-59,81-83,100-102H,1-25,40-56,80H2,(H,84,104)(H,85,105)(H,86,106)(H,87,103)(H,94,107)(H2,88,91,110)(H2,89,92,111)(H2,90,93,112)/b60-57-,64-58-,95-81?. The lowest BCUT2D eigenvalue weighted by Crippen LogP contribution is -2.50. The van der Waals surface area contributed by atoms with Crippen molar-refractivity contribution in [1.82, 2.24) is 73.1 Å². The fraction of sp³-hybridized carbons (Fsp3) is 0.544. The number of carbonyl (C=O) groups is 10. The number of nitrogens with zero attached hydrogens (tertiary/aromatic N) is 5. The highest BCUT2D eigenvalue weighted by Gasteiger charge is 2.34. The topological polar surface area (TPSA) is 484 Å². The molecule has 0 saturated heterocycles. The van der Waals surface area contributed by atoms with Crippen LogP contribution in [0.25, 0.3) is 0 Å². The number of carbonyl (C=O) groups excluding carboxylic acids is 10. The van der Waals surface area contributed by atoms with E-state index in [9.17, 15) is 63.3 Å². The van der Waals surface area contributed by atoms with Crippen molar-refractivity contribution < 1.29 is 63.3 Å². The van der Waals surface area contributed by atoms with Crippen LogP contribution in [0.2, 0.25) is 0 Å². The number of benzene rings is 3. The molecule has 0 aliphatic carbocycles. The number of unbranched alkanes of at least 4 members (excludes halogenated alkanes) is 13. The summed E-state index contributed by atoms with van der Waals surface area (Å²) < 4.78 is 1.77. The molecule has 33 heteroatoms. The van der Waals surface area contributed by atoms with Crippen LogP contribution in [-0.4, -0.2) is 166 Å². The number of aromatic nitrogens is 3. The molecule has 1 aromatic heterocycles. The van der Waals surface area contributed by atoms with Crippen LogP contribution in [0.3, 0.4) is 0 Å². The second-order valence-corrected chi connectivity index (χ2v) is 27.8. The highest BCUT2D eigenvalue weighted by molar-refractivity contribution is 6.12. The Labute approximate surface area is 656 Å². The summed E-state index contributed by atoms with van der Waals surface area (Å²) in [7, 11) is 0. The second-order valence-electron chi connectivity index (χ2n) is 27.8. The average Bonchev–Trinajstić information content (AvgIpc) is 1.09. The Kier molecular flexibility index (Phi) is 45.0. The number of aryl methyl sites for hydroxylation is 2. The smallest absolute Gasteiger partial charge is 0.319 e. The van der Waals surface area contributed by atoms with Gasteiger partial charge in [-0.05, 0) is 201 Å². The van der Waals surface area contributed by atoms with Gasteiger partial charge in [0.25, 0.3) is 11.8 Å². The van der Waals surface area contributed by atoms with Gasteiger partial charge in [0.2, 0.25) is 29.5 Å². The summed E-state index contributed by atoms with van der Waals surface area (Å²) in [5.41, 5.74) is 16.5. The number of aromatic hydroxyl groups is 3. The number of amides is 13. The highest BCUT2D eigenvalue weighted by Crippen LogP contribution is 2.28. The summed E-state index contributed by atoms with van der Waals surface area (Å²) in [4.78, 5) is 129. The van der Waals surface area contributed by atoms with E-state index in [1.807, 2.05) is 6.20 Å². The number of rotatable bonds is 60. The third kappa shape index (κ3) is 42.6. The summed E-state index contributed by atoms with van der Waals surface area (Å²) in [5.74, 6) is -1.56. The van der Waals surface area contributed by atoms with E-state index in [1.54, 1.807) is 53.5 Å². The van der Waals surface area contributed by atoms with Crippen LogP contribution < -0.4 is 74.9 Å². The largest absolute Gasteiger partial charge is 0.508 e. The summed E-state index contributed by atoms with van der Waals surface area (Å²) in [6, 6.07) is 17.5. The summed E-state index contributed by atoms with van der Waals surface area (Å²) in [6.07, 6.45) is 25.8. The van der Waals surface area contributed by atoms with Crippen molar-refractivity contribution in [3.63, 3.8) is 0 Å². The molecule has 1 unspecified atom stereocenters. The number of phenolic OH excluding ortho intramolecular Hbond substituents is 3. The van der Waals surface area contributed by atoms with Crippen molar-refractivity contribution in [1.29, 1.82) is 5.53 Å². The molecule has 1 aliphatic heterocycles. The minimum absolute atomic E-state index is 0.0109. The van der Waals surface area contributed by atoms with Crippen LogP contribution in [0, 0.1) is 5.53 Å². The van der Waals surface area contributed by atoms with E-state index in [1.165, 1.54) is 48.6 Å². The number of allylic oxidation sites excluding steroid dienone is 2. The molecule has 0 bridgehead atoms. The molecule has 4 aromatic rings. The maximum absolute atomic E-state index is 14.2. The Bertz CT molecular complexity index is 3590. The van der Waals surface area contributed by atoms with Crippen molar-refractivity contribution in [2.75, 3.05) is 81.4 Å². The molecule has 1 atom stereocenters. The molecule has 1 aliphatic rings. The van der Waals surface area contributed by atoms with Crippen molar-refractivity contribution in [3.05, 3.63) is 121 Å². The van der Waals surface area contributed by atoms with Gasteiger partial charge < -0.3 is 90.2 Å². The Morgan fingerprint density at radius 1 is 0.420 bits per heavy atom. The third-order valence-corrected chi connectivity index (χ3v) is 18.4. The fourth-order valence-corrected chi connectivity index (χ4v) is 12.0. The molecule has 19 N–H and O–H groups in total. The number of nitrogens with one attached hydrogen (secondary N) is 14. The van der Waals surface area contributed by atoms with Gasteiger partial charge in [0, 0.05) is 163 Å². The lowest BCUT2D eigenvalue weighted by molar-refractivity contribution is -0.137. The van der Waals surface area contributed by atoms with Gasteiger partial charge in [0.05, 0.1) is 11.4 Å². The van der Waals surface area contributed by atoms with E-state index in [0.29, 0.717) is 177 Å². The van der Waals surface area contributed by atoms with Crippen LogP contribution >= 0.6 is 0 Å². The van der Waals surface area contributed by atoms with Gasteiger partial charge in [0.15, 0.2) is 0 Å². The SMILES string of the molecule is N=N/C(=C\NCCCCNC(=O)CCC(CCC(=O)NCCCCN/C=C(\N)CCCCNC(=O)Nc1ccc(O)cc1)(CCC(=O)NCCCCn1cc(CCCCNC(=O)Nc2ccc(O)cc2)nn1)NC(=O)CCCCCCCCCCC(=O)NCCN1C(=O)C=CC1=O)CCCCNC(=O)Nc1ccc(O)cc1. The summed E-state index contributed by atoms with van der Waals surface area (Å²) in [6.45, 7) is 4.55. The molecule has 5 rings (SSSR count). The van der Waals surface area contributed by atoms with Crippen LogP contribution in [0.5, 0.6) is 17.2 Å². The maximum atomic E-state index is 14.2. The van der Waals surface area contributed by atoms with Crippen LogP contribution in [0.15, 0.2) is 120 Å². The quantitative estimate of drug-likeness (QED) is 0.00847. The first-order valence-electron chi connectivity index (χ1n) is 39.5. The highest BCUT2D eigenvalue weighted by atomic mass is 16.3. The van der Waals surface area contributed by atoms with E-state index in [4.69, 9.17) is 11.3 Å². The number of imide groups is 1. The molecule has 13 amide bonds. The van der Waals surface area contributed by atoms with Gasteiger partial charge in [-0.1, -0.05) is 43.7 Å². The zero-order chi connectivity index (χ0) is 80.7. The van der Waals surface area contributed by atoms with E-state index in [2.05, 4.69) is 84.5 Å². The first-order chi connectivity index (χ1) is 54.2. The first kappa shape index (κ1) is 91.3. The van der Waals surface area contributed by atoms with Crippen LogP contribution in [-0.2, 0) is 46.5 Å². The molecule has 3 aromatic carbocycles. The molecule has 0 fully saturated rings. The third-order valence-electron chi connectivity index (χ3n) is 18.4. The lowest BCUT2D eigenvalue weighted by Gasteiger charge is -2.35.